The number of carbonyl (C=O) groups excluding carboxylic acids is 1. The van der Waals surface area contributed by atoms with Gasteiger partial charge in [0.25, 0.3) is 5.91 Å². The van der Waals surface area contributed by atoms with E-state index in [1.165, 1.54) is 0 Å². The van der Waals surface area contributed by atoms with Crippen LogP contribution in [0.3, 0.4) is 0 Å². The fraction of sp³-hybridized carbons (Fsp3) is 0.333. The second kappa shape index (κ2) is 13.5. The lowest BCUT2D eigenvalue weighted by Gasteiger charge is -2.26. The Hall–Kier alpha value is -3.22. The second-order valence-corrected chi connectivity index (χ2v) is 10.3. The van der Waals surface area contributed by atoms with Crippen molar-refractivity contribution < 1.29 is 19.4 Å². The van der Waals surface area contributed by atoms with Crippen molar-refractivity contribution in [2.24, 2.45) is 5.92 Å². The second-order valence-electron chi connectivity index (χ2n) is 9.48. The van der Waals surface area contributed by atoms with Crippen molar-refractivity contribution in [1.82, 2.24) is 5.32 Å². The first kappa shape index (κ1) is 29.3. The first-order valence-electron chi connectivity index (χ1n) is 12.6. The van der Waals surface area contributed by atoms with Crippen molar-refractivity contribution in [3.8, 4) is 16.9 Å². The molecule has 0 aromatic heterocycles. The monoisotopic (exact) mass is 556 g/mol. The van der Waals surface area contributed by atoms with E-state index in [0.717, 1.165) is 40.1 Å². The van der Waals surface area contributed by atoms with E-state index >= 15 is 0 Å². The number of rotatable bonds is 12. The molecular weight excluding hydrogens is 523 g/mol. The molecule has 0 aliphatic carbocycles. The summed E-state index contributed by atoms with van der Waals surface area (Å²) in [4.78, 5) is 22.9. The summed E-state index contributed by atoms with van der Waals surface area (Å²) in [5, 5.41) is 16.1. The van der Waals surface area contributed by atoms with Crippen LogP contribution in [0.25, 0.3) is 11.1 Å². The van der Waals surface area contributed by atoms with Crippen LogP contribution in [-0.4, -0.2) is 36.2 Å². The predicted molar refractivity (Wildman–Crippen MR) is 155 cm³/mol. The van der Waals surface area contributed by atoms with Crippen LogP contribution >= 0.6 is 23.2 Å². The van der Waals surface area contributed by atoms with Crippen molar-refractivity contribution in [1.29, 1.82) is 0 Å². The molecule has 0 aliphatic heterocycles. The minimum atomic E-state index is -0.949. The van der Waals surface area contributed by atoms with Crippen LogP contribution in [0.4, 0.5) is 5.69 Å². The molecule has 0 fully saturated rings. The summed E-state index contributed by atoms with van der Waals surface area (Å²) >= 11 is 12.6. The van der Waals surface area contributed by atoms with Crippen LogP contribution in [0.1, 0.15) is 48.2 Å². The van der Waals surface area contributed by atoms with Gasteiger partial charge in [-0.2, -0.15) is 0 Å². The quantitative estimate of drug-likeness (QED) is 0.216. The Morgan fingerprint density at radius 1 is 1.00 bits per heavy atom. The van der Waals surface area contributed by atoms with Crippen LogP contribution < -0.4 is 15.4 Å². The fourth-order valence-electron chi connectivity index (χ4n) is 4.26. The third-order valence-electron chi connectivity index (χ3n) is 6.59. The van der Waals surface area contributed by atoms with Gasteiger partial charge in [-0.1, -0.05) is 49.5 Å². The van der Waals surface area contributed by atoms with Gasteiger partial charge in [0.1, 0.15) is 12.4 Å². The number of carboxylic acid groups (broad SMARTS) is 1. The van der Waals surface area contributed by atoms with Crippen molar-refractivity contribution in [3.63, 3.8) is 0 Å². The first-order valence-corrected chi connectivity index (χ1v) is 13.4. The molecule has 8 heteroatoms. The van der Waals surface area contributed by atoms with Gasteiger partial charge in [0.05, 0.1) is 12.5 Å². The molecule has 3 aromatic carbocycles. The molecule has 3 aromatic rings. The molecule has 2 atom stereocenters. The molecule has 0 aliphatic rings. The average molecular weight is 558 g/mol. The van der Waals surface area contributed by atoms with Crippen LogP contribution in [0.2, 0.25) is 10.0 Å². The van der Waals surface area contributed by atoms with Gasteiger partial charge in [0.15, 0.2) is 0 Å². The van der Waals surface area contributed by atoms with E-state index in [9.17, 15) is 9.59 Å². The summed E-state index contributed by atoms with van der Waals surface area (Å²) in [6.07, 6.45) is 0.857. The van der Waals surface area contributed by atoms with Gasteiger partial charge >= 0.3 is 5.97 Å². The number of anilines is 1. The zero-order valence-electron chi connectivity index (χ0n) is 22.1. The summed E-state index contributed by atoms with van der Waals surface area (Å²) in [5.74, 6) is -0.121. The van der Waals surface area contributed by atoms with E-state index in [4.69, 9.17) is 33.0 Å². The maximum absolute atomic E-state index is 12.2. The minimum Gasteiger partial charge on any atom is -0.491 e. The van der Waals surface area contributed by atoms with E-state index in [-0.39, 0.29) is 24.9 Å². The molecule has 0 unspecified atom stereocenters. The number of nitrogens with one attached hydrogen (secondary N) is 2. The van der Waals surface area contributed by atoms with Crippen molar-refractivity contribution in [3.05, 3.63) is 81.3 Å². The summed E-state index contributed by atoms with van der Waals surface area (Å²) in [6.45, 7) is 8.96. The Morgan fingerprint density at radius 2 is 1.66 bits per heavy atom. The maximum atomic E-state index is 12.2. The molecule has 6 nitrogen and oxygen atoms in total. The fourth-order valence-corrected chi connectivity index (χ4v) is 4.76. The highest BCUT2D eigenvalue weighted by Crippen LogP contribution is 2.36. The number of carboxylic acids is 1. The van der Waals surface area contributed by atoms with Crippen molar-refractivity contribution in [2.75, 3.05) is 18.5 Å². The van der Waals surface area contributed by atoms with Gasteiger partial charge in [0.2, 0.25) is 0 Å². The van der Waals surface area contributed by atoms with Crippen molar-refractivity contribution in [2.45, 2.75) is 46.6 Å². The Balaban J connectivity index is 1.68. The molecule has 0 saturated heterocycles. The number of halogens is 2. The average Bonchev–Trinajstić information content (AvgIpc) is 2.87. The largest absolute Gasteiger partial charge is 0.491 e. The van der Waals surface area contributed by atoms with E-state index in [1.807, 2.05) is 50.2 Å². The van der Waals surface area contributed by atoms with Crippen LogP contribution in [0.15, 0.2) is 54.6 Å². The number of hydrogen-bond donors (Lipinski definition) is 3. The molecule has 3 rings (SSSR count). The van der Waals surface area contributed by atoms with Gasteiger partial charge in [-0.05, 0) is 85.0 Å². The highest BCUT2D eigenvalue weighted by atomic mass is 35.5. The lowest BCUT2D eigenvalue weighted by Crippen LogP contribution is -2.33. The minimum absolute atomic E-state index is 0.0428. The summed E-state index contributed by atoms with van der Waals surface area (Å²) in [5.41, 5.74) is 5.49. The van der Waals surface area contributed by atoms with Crippen LogP contribution in [-0.2, 0) is 4.79 Å². The predicted octanol–water partition coefficient (Wildman–Crippen LogP) is 7.39. The number of amides is 1. The molecule has 0 spiro atoms. The molecule has 0 heterocycles. The number of carbonyl (C=O) groups is 2. The van der Waals surface area contributed by atoms with E-state index < -0.39 is 5.97 Å². The molecule has 0 saturated carbocycles. The molecule has 0 radical (unpaired) electrons. The third-order valence-corrected chi connectivity index (χ3v) is 7.14. The van der Waals surface area contributed by atoms with Crippen molar-refractivity contribution >= 4 is 40.8 Å². The Kier molecular flexibility index (Phi) is 10.5. The van der Waals surface area contributed by atoms with E-state index in [2.05, 4.69) is 24.5 Å². The SMILES string of the molecule is CC[C@H](C)[C@@H](COc1cc(C)c(-c2ccc(Cl)cc2Cl)c(C)c1)Nc1ccc(C(=O)NCCC(=O)O)cc1. The molecule has 0 bridgehead atoms. The summed E-state index contributed by atoms with van der Waals surface area (Å²) < 4.78 is 6.26. The van der Waals surface area contributed by atoms with E-state index in [1.54, 1.807) is 18.2 Å². The van der Waals surface area contributed by atoms with Gasteiger partial charge in [-0.3, -0.25) is 9.59 Å². The van der Waals surface area contributed by atoms with Gasteiger partial charge in [-0.15, -0.1) is 0 Å². The number of hydrogen-bond acceptors (Lipinski definition) is 4. The third kappa shape index (κ3) is 7.89. The Labute approximate surface area is 234 Å². The van der Waals surface area contributed by atoms with Gasteiger partial charge in [-0.25, -0.2) is 0 Å². The smallest absolute Gasteiger partial charge is 0.305 e. The molecular formula is C30H34Cl2N2O4. The van der Waals surface area contributed by atoms with E-state index in [0.29, 0.717) is 28.1 Å². The number of aliphatic carboxylic acids is 1. The number of benzene rings is 3. The normalized spacial score (nSPS) is 12.5. The number of aryl methyl sites for hydroxylation is 2. The highest BCUT2D eigenvalue weighted by Gasteiger charge is 2.18. The first-order chi connectivity index (χ1) is 18.1. The lowest BCUT2D eigenvalue weighted by atomic mass is 9.95. The molecule has 38 heavy (non-hydrogen) atoms. The van der Waals surface area contributed by atoms with Crippen LogP contribution in [0, 0.1) is 19.8 Å². The molecule has 3 N–H and O–H groups in total. The summed E-state index contributed by atoms with van der Waals surface area (Å²) in [7, 11) is 0. The van der Waals surface area contributed by atoms with Gasteiger partial charge < -0.3 is 20.5 Å². The Morgan fingerprint density at radius 3 is 2.24 bits per heavy atom. The zero-order chi connectivity index (χ0) is 27.8. The maximum Gasteiger partial charge on any atom is 0.305 e. The highest BCUT2D eigenvalue weighted by molar-refractivity contribution is 6.36. The Bertz CT molecular complexity index is 1250. The lowest BCUT2D eigenvalue weighted by molar-refractivity contribution is -0.136. The zero-order valence-corrected chi connectivity index (χ0v) is 23.6. The number of ether oxygens (including phenoxy) is 1. The molecule has 1 amide bonds. The standard InChI is InChI=1S/C30H34Cl2N2O4/c1-5-18(2)27(34-23-9-6-21(7-10-23)30(37)33-13-12-28(35)36)17-38-24-14-19(3)29(20(4)15-24)25-11-8-22(31)16-26(25)32/h6-11,14-16,18,27,34H,5,12-13,17H2,1-4H3,(H,33,37)(H,35,36)/t18-,27+/m0/s1. The summed E-state index contributed by atoms with van der Waals surface area (Å²) in [6, 6.07) is 16.8. The van der Waals surface area contributed by atoms with Gasteiger partial charge in [0, 0.05) is 33.4 Å². The molecule has 202 valence electrons. The van der Waals surface area contributed by atoms with Crippen LogP contribution in [0.5, 0.6) is 5.75 Å². The topological polar surface area (TPSA) is 87.7 Å².